The number of aryl methyl sites for hydroxylation is 1. The maximum absolute atomic E-state index is 5.15. The quantitative estimate of drug-likeness (QED) is 0.891. The number of nitrogens with one attached hydrogen (secondary N) is 1. The van der Waals surface area contributed by atoms with Crippen molar-refractivity contribution in [3.05, 3.63) is 33.1 Å². The topological polar surface area (TPSA) is 34.1 Å². The van der Waals surface area contributed by atoms with Gasteiger partial charge in [0.2, 0.25) is 0 Å². The molecule has 0 aliphatic carbocycles. The van der Waals surface area contributed by atoms with Crippen molar-refractivity contribution in [3.63, 3.8) is 0 Å². The van der Waals surface area contributed by atoms with Crippen molar-refractivity contribution in [3.8, 4) is 5.06 Å². The van der Waals surface area contributed by atoms with Crippen LogP contribution in [0.3, 0.4) is 0 Å². The molecule has 0 amide bonds. The standard InChI is InChI=1S/C11H14N2OS2/c1-8-10(15-7-13-8)6-12-5-9-3-4-11(14-2)16-9/h3-4,7,12H,5-6H2,1-2H3. The minimum absolute atomic E-state index is 0.880. The molecular formula is C11H14N2OS2. The van der Waals surface area contributed by atoms with E-state index in [4.69, 9.17) is 4.74 Å². The van der Waals surface area contributed by atoms with Crippen LogP contribution in [0.25, 0.3) is 0 Å². The molecule has 0 atom stereocenters. The SMILES string of the molecule is COc1ccc(CNCc2scnc2C)s1. The second-order valence-electron chi connectivity index (χ2n) is 3.39. The molecule has 1 N–H and O–H groups in total. The fourth-order valence-corrected chi connectivity index (χ4v) is 2.89. The van der Waals surface area contributed by atoms with Crippen LogP contribution in [0.15, 0.2) is 17.6 Å². The molecule has 0 unspecified atom stereocenters. The molecule has 2 heterocycles. The molecule has 2 rings (SSSR count). The molecule has 2 aromatic heterocycles. The van der Waals surface area contributed by atoms with Crippen LogP contribution in [-0.4, -0.2) is 12.1 Å². The van der Waals surface area contributed by atoms with Gasteiger partial charge in [0, 0.05) is 22.8 Å². The van der Waals surface area contributed by atoms with Crippen molar-refractivity contribution in [2.24, 2.45) is 0 Å². The number of thiazole rings is 1. The molecule has 2 aromatic rings. The highest BCUT2D eigenvalue weighted by Gasteiger charge is 2.02. The highest BCUT2D eigenvalue weighted by atomic mass is 32.1. The highest BCUT2D eigenvalue weighted by Crippen LogP contribution is 2.23. The Morgan fingerprint density at radius 2 is 2.25 bits per heavy atom. The van der Waals surface area contributed by atoms with E-state index in [1.165, 1.54) is 9.75 Å². The molecule has 0 fully saturated rings. The molecule has 86 valence electrons. The van der Waals surface area contributed by atoms with Crippen LogP contribution in [-0.2, 0) is 13.1 Å². The lowest BCUT2D eigenvalue weighted by atomic mass is 10.4. The van der Waals surface area contributed by atoms with Gasteiger partial charge in [-0.1, -0.05) is 0 Å². The molecule has 0 saturated heterocycles. The lowest BCUT2D eigenvalue weighted by molar-refractivity contribution is 0.427. The number of hydrogen-bond donors (Lipinski definition) is 1. The first-order chi connectivity index (χ1) is 7.79. The van der Waals surface area contributed by atoms with Gasteiger partial charge in [-0.25, -0.2) is 4.98 Å². The van der Waals surface area contributed by atoms with Gasteiger partial charge in [0.1, 0.15) is 0 Å². The first-order valence-corrected chi connectivity index (χ1v) is 6.71. The molecule has 5 heteroatoms. The lowest BCUT2D eigenvalue weighted by Crippen LogP contribution is -2.11. The number of rotatable bonds is 5. The lowest BCUT2D eigenvalue weighted by Gasteiger charge is -2.01. The summed E-state index contributed by atoms with van der Waals surface area (Å²) in [6.07, 6.45) is 0. The molecule has 3 nitrogen and oxygen atoms in total. The fourth-order valence-electron chi connectivity index (χ4n) is 1.36. The van der Waals surface area contributed by atoms with E-state index in [9.17, 15) is 0 Å². The molecule has 0 aliphatic rings. The van der Waals surface area contributed by atoms with Crippen LogP contribution in [0.2, 0.25) is 0 Å². The van der Waals surface area contributed by atoms with Crippen molar-refractivity contribution in [2.75, 3.05) is 7.11 Å². The molecule has 0 aromatic carbocycles. The van der Waals surface area contributed by atoms with Gasteiger partial charge in [0.05, 0.1) is 18.3 Å². The van der Waals surface area contributed by atoms with E-state index in [0.717, 1.165) is 23.8 Å². The van der Waals surface area contributed by atoms with Crippen molar-refractivity contribution in [1.82, 2.24) is 10.3 Å². The Morgan fingerprint density at radius 1 is 1.38 bits per heavy atom. The van der Waals surface area contributed by atoms with Gasteiger partial charge in [0.25, 0.3) is 0 Å². The largest absolute Gasteiger partial charge is 0.487 e. The van der Waals surface area contributed by atoms with E-state index in [1.54, 1.807) is 29.8 Å². The minimum atomic E-state index is 0.880. The summed E-state index contributed by atoms with van der Waals surface area (Å²) in [5.41, 5.74) is 3.02. The number of nitrogens with zero attached hydrogens (tertiary/aromatic N) is 1. The third kappa shape index (κ3) is 2.81. The Hall–Kier alpha value is -0.910. The number of aromatic nitrogens is 1. The zero-order valence-electron chi connectivity index (χ0n) is 9.32. The number of hydrogen-bond acceptors (Lipinski definition) is 5. The highest BCUT2D eigenvalue weighted by molar-refractivity contribution is 7.13. The van der Waals surface area contributed by atoms with E-state index < -0.39 is 0 Å². The van der Waals surface area contributed by atoms with E-state index in [1.807, 2.05) is 18.5 Å². The number of thiophene rings is 1. The molecule has 0 aliphatic heterocycles. The van der Waals surface area contributed by atoms with Gasteiger partial charge in [-0.15, -0.1) is 22.7 Å². The summed E-state index contributed by atoms with van der Waals surface area (Å²) in [4.78, 5) is 6.82. The van der Waals surface area contributed by atoms with E-state index in [-0.39, 0.29) is 0 Å². The van der Waals surface area contributed by atoms with Crippen LogP contribution < -0.4 is 10.1 Å². The predicted octanol–water partition coefficient (Wildman–Crippen LogP) is 2.81. The van der Waals surface area contributed by atoms with Gasteiger partial charge in [0.15, 0.2) is 5.06 Å². The number of ether oxygens (including phenoxy) is 1. The third-order valence-corrected chi connectivity index (χ3v) is 4.25. The average molecular weight is 254 g/mol. The Labute approximate surface area is 103 Å². The van der Waals surface area contributed by atoms with Crippen LogP contribution in [0, 0.1) is 6.92 Å². The van der Waals surface area contributed by atoms with Crippen molar-refractivity contribution in [2.45, 2.75) is 20.0 Å². The van der Waals surface area contributed by atoms with E-state index >= 15 is 0 Å². The van der Waals surface area contributed by atoms with Crippen LogP contribution >= 0.6 is 22.7 Å². The zero-order valence-corrected chi connectivity index (χ0v) is 11.0. The van der Waals surface area contributed by atoms with Gasteiger partial charge in [-0.3, -0.25) is 0 Å². The first-order valence-electron chi connectivity index (χ1n) is 5.02. The molecule has 0 radical (unpaired) electrons. The fraction of sp³-hybridized carbons (Fsp3) is 0.364. The summed E-state index contributed by atoms with van der Waals surface area (Å²) in [6, 6.07) is 4.09. The second-order valence-corrected chi connectivity index (χ2v) is 5.46. The summed E-state index contributed by atoms with van der Waals surface area (Å²) in [5, 5.41) is 4.37. The summed E-state index contributed by atoms with van der Waals surface area (Å²) in [5.74, 6) is 0. The second kappa shape index (κ2) is 5.43. The summed E-state index contributed by atoms with van der Waals surface area (Å²) in [7, 11) is 1.70. The normalized spacial score (nSPS) is 10.6. The predicted molar refractivity (Wildman–Crippen MR) is 68.3 cm³/mol. The van der Waals surface area contributed by atoms with Crippen LogP contribution in [0.5, 0.6) is 5.06 Å². The monoisotopic (exact) mass is 254 g/mol. The van der Waals surface area contributed by atoms with Crippen molar-refractivity contribution < 1.29 is 4.74 Å². The summed E-state index contributed by atoms with van der Waals surface area (Å²) in [6.45, 7) is 3.81. The smallest absolute Gasteiger partial charge is 0.173 e. The Balaban J connectivity index is 1.82. The van der Waals surface area contributed by atoms with Gasteiger partial charge in [-0.05, 0) is 19.1 Å². The zero-order chi connectivity index (χ0) is 11.4. The third-order valence-electron chi connectivity index (χ3n) is 2.27. The molecule has 0 saturated carbocycles. The summed E-state index contributed by atoms with van der Waals surface area (Å²) >= 11 is 3.38. The molecule has 16 heavy (non-hydrogen) atoms. The number of methoxy groups -OCH3 is 1. The van der Waals surface area contributed by atoms with Crippen LogP contribution in [0.4, 0.5) is 0 Å². The van der Waals surface area contributed by atoms with Crippen molar-refractivity contribution in [1.29, 1.82) is 0 Å². The van der Waals surface area contributed by atoms with Crippen LogP contribution in [0.1, 0.15) is 15.4 Å². The summed E-state index contributed by atoms with van der Waals surface area (Å²) < 4.78 is 5.15. The molecule has 0 bridgehead atoms. The molecular weight excluding hydrogens is 240 g/mol. The van der Waals surface area contributed by atoms with Gasteiger partial charge < -0.3 is 10.1 Å². The first kappa shape index (κ1) is 11.6. The Morgan fingerprint density at radius 3 is 2.88 bits per heavy atom. The Kier molecular flexibility index (Phi) is 3.93. The van der Waals surface area contributed by atoms with E-state index in [0.29, 0.717) is 0 Å². The maximum atomic E-state index is 5.15. The Bertz CT molecular complexity index is 450. The average Bonchev–Trinajstić information content (AvgIpc) is 2.89. The molecule has 0 spiro atoms. The van der Waals surface area contributed by atoms with Gasteiger partial charge >= 0.3 is 0 Å². The maximum Gasteiger partial charge on any atom is 0.173 e. The van der Waals surface area contributed by atoms with Crippen molar-refractivity contribution >= 4 is 22.7 Å². The van der Waals surface area contributed by atoms with Gasteiger partial charge in [-0.2, -0.15) is 0 Å². The van der Waals surface area contributed by atoms with E-state index in [2.05, 4.69) is 16.4 Å². The minimum Gasteiger partial charge on any atom is -0.487 e.